The number of halogens is 1. The van der Waals surface area contributed by atoms with Crippen LogP contribution >= 0.6 is 11.6 Å². The highest BCUT2D eigenvalue weighted by Gasteiger charge is 2.49. The molecule has 0 spiro atoms. The van der Waals surface area contributed by atoms with Gasteiger partial charge in [-0.2, -0.15) is 0 Å². The van der Waals surface area contributed by atoms with E-state index in [1.807, 2.05) is 24.3 Å². The highest BCUT2D eigenvalue weighted by Crippen LogP contribution is 2.41. The lowest BCUT2D eigenvalue weighted by atomic mass is 9.77. The lowest BCUT2D eigenvalue weighted by Crippen LogP contribution is -2.38. The van der Waals surface area contributed by atoms with Crippen LogP contribution in [0.5, 0.6) is 5.75 Å². The molecule has 0 radical (unpaired) electrons. The second-order valence-corrected chi connectivity index (χ2v) is 9.81. The smallest absolute Gasteiger partial charge is 0.479 e. The van der Waals surface area contributed by atoms with Crippen LogP contribution in [0.25, 0.3) is 0 Å². The van der Waals surface area contributed by atoms with Crippen molar-refractivity contribution in [3.63, 3.8) is 0 Å². The molecule has 4 nitrogen and oxygen atoms in total. The first-order chi connectivity index (χ1) is 14.7. The second-order valence-electron chi connectivity index (χ2n) is 9.25. The van der Waals surface area contributed by atoms with Gasteiger partial charge in [-0.15, -0.1) is 11.6 Å². The van der Waals surface area contributed by atoms with E-state index in [0.717, 1.165) is 11.3 Å². The molecule has 0 N–H and O–H groups in total. The number of hydrogen-bond acceptors (Lipinski definition) is 4. The van der Waals surface area contributed by atoms with E-state index in [-0.39, 0.29) is 24.6 Å². The largest absolute Gasteiger partial charge is 0.497 e. The third-order valence-electron chi connectivity index (χ3n) is 7.14. The fraction of sp³-hybridized carbons (Fsp3) is 0.750. The Hall–Kier alpha value is -0.745. The summed E-state index contributed by atoms with van der Waals surface area (Å²) in [4.78, 5) is 0. The molecule has 0 aromatic heterocycles. The van der Waals surface area contributed by atoms with Crippen LogP contribution in [-0.2, 0) is 20.7 Å². The summed E-state index contributed by atoms with van der Waals surface area (Å²) in [5, 5.41) is -0.289. The predicted octanol–water partition coefficient (Wildman–Crippen LogP) is 5.79. The highest BCUT2D eigenvalue weighted by atomic mass is 35.5. The predicted molar refractivity (Wildman–Crippen MR) is 121 cm³/mol. The minimum absolute atomic E-state index is 0.209. The molecular weight excluding hydrogens is 399 g/mol. The van der Waals surface area contributed by atoms with E-state index in [1.54, 1.807) is 7.11 Å². The van der Waals surface area contributed by atoms with E-state index in [2.05, 4.69) is 0 Å². The number of methoxy groups -OCH3 is 1. The highest BCUT2D eigenvalue weighted by molar-refractivity contribution is 6.59. The third-order valence-corrected chi connectivity index (χ3v) is 7.47. The Kier molecular flexibility index (Phi) is 8.39. The maximum absolute atomic E-state index is 6.71. The van der Waals surface area contributed by atoms with Crippen molar-refractivity contribution >= 4 is 18.7 Å². The first-order valence-corrected chi connectivity index (χ1v) is 12.3. The standard InChI is InChI=1S/C24H36BClO4/c1-27-21-14-12-18(13-15-21)16-28-17-22(26)25-29-23(19-8-4-2-5-9-19)24(30-25)20-10-6-3-7-11-20/h12-15,19-20,22-24H,2-11,16-17H2,1H3/t22-,23-,24-/m0/s1. The molecule has 1 aromatic carbocycles. The SMILES string of the molecule is COc1ccc(COC[C@H](Cl)B2O[C@@H](C3CCCCC3)[C@H](C3CCCCC3)O2)cc1. The van der Waals surface area contributed by atoms with Crippen LogP contribution in [0.15, 0.2) is 24.3 Å². The number of benzene rings is 1. The van der Waals surface area contributed by atoms with Crippen molar-refractivity contribution < 1.29 is 18.8 Å². The minimum atomic E-state index is -0.360. The van der Waals surface area contributed by atoms with Crippen LogP contribution in [0.1, 0.15) is 69.8 Å². The molecule has 1 saturated heterocycles. The van der Waals surface area contributed by atoms with Gasteiger partial charge in [0.1, 0.15) is 5.75 Å². The molecule has 2 saturated carbocycles. The van der Waals surface area contributed by atoms with Gasteiger partial charge in [0.25, 0.3) is 0 Å². The summed E-state index contributed by atoms with van der Waals surface area (Å²) in [5.41, 5.74) is 1.10. The average molecular weight is 435 g/mol. The Labute approximate surface area is 187 Å². The van der Waals surface area contributed by atoms with E-state index in [0.29, 0.717) is 25.0 Å². The maximum Gasteiger partial charge on any atom is 0.479 e. The molecule has 0 amide bonds. The zero-order valence-corrected chi connectivity index (χ0v) is 19.0. The topological polar surface area (TPSA) is 36.9 Å². The maximum atomic E-state index is 6.71. The van der Waals surface area contributed by atoms with Crippen molar-refractivity contribution in [2.45, 2.75) is 88.3 Å². The van der Waals surface area contributed by atoms with Gasteiger partial charge in [-0.05, 0) is 55.2 Å². The molecule has 1 aliphatic heterocycles. The van der Waals surface area contributed by atoms with Gasteiger partial charge in [-0.25, -0.2) is 0 Å². The number of rotatable bonds is 8. The fourth-order valence-corrected chi connectivity index (χ4v) is 5.65. The van der Waals surface area contributed by atoms with E-state index >= 15 is 0 Å². The normalized spacial score (nSPS) is 27.3. The van der Waals surface area contributed by atoms with Crippen LogP contribution in [0.2, 0.25) is 0 Å². The number of ether oxygens (including phenoxy) is 2. The summed E-state index contributed by atoms with van der Waals surface area (Å²) in [6.07, 6.45) is 13.5. The molecule has 6 heteroatoms. The van der Waals surface area contributed by atoms with Crippen LogP contribution in [0.3, 0.4) is 0 Å². The van der Waals surface area contributed by atoms with Crippen molar-refractivity contribution in [1.29, 1.82) is 0 Å². The fourth-order valence-electron chi connectivity index (χ4n) is 5.44. The van der Waals surface area contributed by atoms with E-state index in [1.165, 1.54) is 64.2 Å². The van der Waals surface area contributed by atoms with Crippen molar-refractivity contribution in [2.24, 2.45) is 11.8 Å². The van der Waals surface area contributed by atoms with Crippen molar-refractivity contribution in [1.82, 2.24) is 0 Å². The first kappa shape index (κ1) is 22.4. The van der Waals surface area contributed by atoms with Gasteiger partial charge in [0.05, 0.1) is 37.8 Å². The van der Waals surface area contributed by atoms with E-state index in [9.17, 15) is 0 Å². The molecule has 2 aliphatic carbocycles. The van der Waals surface area contributed by atoms with Gasteiger partial charge in [0, 0.05) is 0 Å². The van der Waals surface area contributed by atoms with E-state index in [4.69, 9.17) is 30.4 Å². The van der Waals surface area contributed by atoms with Crippen LogP contribution in [0.4, 0.5) is 0 Å². The summed E-state index contributed by atoms with van der Waals surface area (Å²) in [5.74, 6) is 2.10. The van der Waals surface area contributed by atoms with Crippen LogP contribution in [0, 0.1) is 11.8 Å². The Morgan fingerprint density at radius 2 is 1.43 bits per heavy atom. The lowest BCUT2D eigenvalue weighted by Gasteiger charge is -2.35. The molecule has 3 atom stereocenters. The average Bonchev–Trinajstić information content (AvgIpc) is 3.26. The summed E-state index contributed by atoms with van der Waals surface area (Å²) in [6, 6.07) is 7.93. The zero-order valence-electron chi connectivity index (χ0n) is 18.3. The Morgan fingerprint density at radius 3 is 1.93 bits per heavy atom. The summed E-state index contributed by atoms with van der Waals surface area (Å²) in [7, 11) is 1.31. The number of alkyl halides is 1. The summed E-state index contributed by atoms with van der Waals surface area (Å²) >= 11 is 6.71. The van der Waals surface area contributed by atoms with E-state index < -0.39 is 0 Å². The molecule has 1 aromatic rings. The summed E-state index contributed by atoms with van der Waals surface area (Å²) < 4.78 is 24.1. The second kappa shape index (κ2) is 11.2. The van der Waals surface area contributed by atoms with Gasteiger partial charge >= 0.3 is 7.12 Å². The molecule has 1 heterocycles. The quantitative estimate of drug-likeness (QED) is 0.383. The van der Waals surface area contributed by atoms with Gasteiger partial charge in [0.15, 0.2) is 0 Å². The van der Waals surface area contributed by atoms with Gasteiger partial charge < -0.3 is 18.8 Å². The van der Waals surface area contributed by atoms with Crippen molar-refractivity contribution in [3.05, 3.63) is 29.8 Å². The Balaban J connectivity index is 1.31. The van der Waals surface area contributed by atoms with Crippen LogP contribution in [-0.4, -0.2) is 38.3 Å². The Bertz CT molecular complexity index is 605. The lowest BCUT2D eigenvalue weighted by molar-refractivity contribution is 0.0324. The summed E-state index contributed by atoms with van der Waals surface area (Å²) in [6.45, 7) is 0.949. The van der Waals surface area contributed by atoms with Gasteiger partial charge in [0.2, 0.25) is 0 Å². The van der Waals surface area contributed by atoms with Crippen molar-refractivity contribution in [3.8, 4) is 5.75 Å². The Morgan fingerprint density at radius 1 is 0.900 bits per heavy atom. The molecule has 4 rings (SSSR count). The van der Waals surface area contributed by atoms with Crippen molar-refractivity contribution in [2.75, 3.05) is 13.7 Å². The monoisotopic (exact) mass is 434 g/mol. The number of hydrogen-bond donors (Lipinski definition) is 0. The molecule has 166 valence electrons. The third kappa shape index (κ3) is 5.73. The van der Waals surface area contributed by atoms with Gasteiger partial charge in [-0.3, -0.25) is 0 Å². The molecule has 30 heavy (non-hydrogen) atoms. The van der Waals surface area contributed by atoms with Crippen LogP contribution < -0.4 is 4.74 Å². The molecule has 0 bridgehead atoms. The molecule has 0 unspecified atom stereocenters. The van der Waals surface area contributed by atoms with Gasteiger partial charge in [-0.1, -0.05) is 50.7 Å². The molecule has 3 aliphatic rings. The first-order valence-electron chi connectivity index (χ1n) is 11.9. The molecule has 3 fully saturated rings. The zero-order chi connectivity index (χ0) is 20.8. The molecular formula is C24H36BClO4. The minimum Gasteiger partial charge on any atom is -0.497 e.